The molecule has 3 rings (SSSR count). The molecule has 0 aliphatic carbocycles. The number of hydrogen-bond acceptors (Lipinski definition) is 5. The standard InChI is InChI=1S/C14H10N2O4/c17-14(18)13-11(20-8-16-13)7-19-10-5-1-3-9-4-2-6-15-12(9)10/h1-6,8H,7H2,(H,17,18). The molecule has 6 heteroatoms. The van der Waals surface area contributed by atoms with Crippen molar-refractivity contribution in [2.24, 2.45) is 0 Å². The Morgan fingerprint density at radius 3 is 2.95 bits per heavy atom. The Kier molecular flexibility index (Phi) is 3.04. The molecule has 2 aromatic heterocycles. The molecule has 0 fully saturated rings. The first-order valence-corrected chi connectivity index (χ1v) is 5.88. The van der Waals surface area contributed by atoms with Crippen LogP contribution in [0.2, 0.25) is 0 Å². The predicted octanol–water partition coefficient (Wildman–Crippen LogP) is 2.50. The number of ether oxygens (including phenoxy) is 1. The van der Waals surface area contributed by atoms with Crippen molar-refractivity contribution in [3.05, 3.63) is 54.4 Å². The molecule has 0 unspecified atom stereocenters. The van der Waals surface area contributed by atoms with E-state index in [0.29, 0.717) is 11.3 Å². The Hall–Kier alpha value is -2.89. The van der Waals surface area contributed by atoms with Gasteiger partial charge in [-0.1, -0.05) is 18.2 Å². The van der Waals surface area contributed by atoms with E-state index in [0.717, 1.165) is 11.8 Å². The average Bonchev–Trinajstić information content (AvgIpc) is 2.93. The van der Waals surface area contributed by atoms with E-state index in [1.165, 1.54) is 0 Å². The highest BCUT2D eigenvalue weighted by atomic mass is 16.5. The minimum absolute atomic E-state index is 0.0165. The van der Waals surface area contributed by atoms with Crippen LogP contribution in [0.4, 0.5) is 0 Å². The number of aromatic carboxylic acids is 1. The zero-order valence-corrected chi connectivity index (χ0v) is 10.3. The highest BCUT2D eigenvalue weighted by Crippen LogP contribution is 2.24. The van der Waals surface area contributed by atoms with Crippen LogP contribution < -0.4 is 4.74 Å². The van der Waals surface area contributed by atoms with Gasteiger partial charge in [0.15, 0.2) is 17.8 Å². The zero-order chi connectivity index (χ0) is 13.9. The van der Waals surface area contributed by atoms with Gasteiger partial charge in [-0.2, -0.15) is 0 Å². The molecule has 0 radical (unpaired) electrons. The second-order valence-electron chi connectivity index (χ2n) is 4.05. The molecular formula is C14H10N2O4. The minimum Gasteiger partial charge on any atom is -0.483 e. The topological polar surface area (TPSA) is 85.5 Å². The highest BCUT2D eigenvalue weighted by molar-refractivity contribution is 5.86. The number of carboxylic acid groups (broad SMARTS) is 1. The van der Waals surface area contributed by atoms with Gasteiger partial charge in [-0.05, 0) is 12.1 Å². The largest absolute Gasteiger partial charge is 0.483 e. The van der Waals surface area contributed by atoms with Gasteiger partial charge in [0.25, 0.3) is 0 Å². The normalized spacial score (nSPS) is 10.6. The molecule has 1 N–H and O–H groups in total. The second kappa shape index (κ2) is 5.00. The number of rotatable bonds is 4. The number of fused-ring (bicyclic) bond motifs is 1. The number of pyridine rings is 1. The van der Waals surface area contributed by atoms with E-state index in [2.05, 4.69) is 9.97 Å². The maximum absolute atomic E-state index is 10.9. The predicted molar refractivity (Wildman–Crippen MR) is 69.5 cm³/mol. The van der Waals surface area contributed by atoms with Gasteiger partial charge >= 0.3 is 5.97 Å². The molecule has 2 heterocycles. The molecule has 100 valence electrons. The van der Waals surface area contributed by atoms with Crippen LogP contribution in [0.15, 0.2) is 47.3 Å². The lowest BCUT2D eigenvalue weighted by Crippen LogP contribution is -2.04. The summed E-state index contributed by atoms with van der Waals surface area (Å²) in [5.41, 5.74) is 0.574. The van der Waals surface area contributed by atoms with E-state index in [1.807, 2.05) is 24.3 Å². The van der Waals surface area contributed by atoms with Crippen molar-refractivity contribution in [2.75, 3.05) is 0 Å². The maximum Gasteiger partial charge on any atom is 0.358 e. The van der Waals surface area contributed by atoms with Crippen molar-refractivity contribution in [3.63, 3.8) is 0 Å². The molecule has 0 atom stereocenters. The molecule has 6 nitrogen and oxygen atoms in total. The molecule has 0 saturated heterocycles. The Morgan fingerprint density at radius 1 is 1.25 bits per heavy atom. The fourth-order valence-corrected chi connectivity index (χ4v) is 1.88. The van der Waals surface area contributed by atoms with Gasteiger partial charge in [0, 0.05) is 11.6 Å². The summed E-state index contributed by atoms with van der Waals surface area (Å²) in [4.78, 5) is 18.8. The Bertz CT molecular complexity index is 761. The number of carboxylic acids is 1. The van der Waals surface area contributed by atoms with E-state index < -0.39 is 5.97 Å². The Morgan fingerprint density at radius 2 is 2.10 bits per heavy atom. The zero-order valence-electron chi connectivity index (χ0n) is 10.3. The highest BCUT2D eigenvalue weighted by Gasteiger charge is 2.16. The lowest BCUT2D eigenvalue weighted by atomic mass is 10.2. The monoisotopic (exact) mass is 270 g/mol. The van der Waals surface area contributed by atoms with Gasteiger partial charge in [-0.15, -0.1) is 0 Å². The Labute approximate surface area is 113 Å². The van der Waals surface area contributed by atoms with Crippen LogP contribution in [-0.4, -0.2) is 21.0 Å². The summed E-state index contributed by atoms with van der Waals surface area (Å²) in [6, 6.07) is 9.30. The van der Waals surface area contributed by atoms with Crippen molar-refractivity contribution in [2.45, 2.75) is 6.61 Å². The number of hydrogen-bond donors (Lipinski definition) is 1. The van der Waals surface area contributed by atoms with Crippen LogP contribution in [0.1, 0.15) is 16.2 Å². The lowest BCUT2D eigenvalue weighted by molar-refractivity contribution is 0.0686. The van der Waals surface area contributed by atoms with E-state index in [4.69, 9.17) is 14.3 Å². The van der Waals surface area contributed by atoms with Crippen LogP contribution in [-0.2, 0) is 6.61 Å². The molecule has 0 aliphatic rings. The third-order valence-electron chi connectivity index (χ3n) is 2.80. The first-order chi connectivity index (χ1) is 9.75. The average molecular weight is 270 g/mol. The van der Waals surface area contributed by atoms with Gasteiger partial charge < -0.3 is 14.3 Å². The quantitative estimate of drug-likeness (QED) is 0.783. The van der Waals surface area contributed by atoms with E-state index in [-0.39, 0.29) is 18.1 Å². The number of aromatic nitrogens is 2. The molecule has 0 amide bonds. The number of carbonyl (C=O) groups is 1. The summed E-state index contributed by atoms with van der Waals surface area (Å²) in [6.07, 6.45) is 2.76. The van der Waals surface area contributed by atoms with Crippen molar-refractivity contribution in [1.82, 2.24) is 9.97 Å². The molecular weight excluding hydrogens is 260 g/mol. The number of para-hydroxylation sites is 1. The molecule has 0 saturated carbocycles. The number of benzene rings is 1. The molecule has 0 bridgehead atoms. The van der Waals surface area contributed by atoms with E-state index in [9.17, 15) is 4.79 Å². The molecule has 0 spiro atoms. The van der Waals surface area contributed by atoms with Crippen molar-refractivity contribution >= 4 is 16.9 Å². The van der Waals surface area contributed by atoms with Gasteiger partial charge in [-0.25, -0.2) is 9.78 Å². The summed E-state index contributed by atoms with van der Waals surface area (Å²) < 4.78 is 10.6. The number of oxazole rings is 1. The molecule has 0 aliphatic heterocycles. The van der Waals surface area contributed by atoms with Crippen LogP contribution in [0, 0.1) is 0 Å². The van der Waals surface area contributed by atoms with Gasteiger partial charge in [0.05, 0.1) is 0 Å². The van der Waals surface area contributed by atoms with Gasteiger partial charge in [0.1, 0.15) is 17.9 Å². The maximum atomic E-state index is 10.9. The molecule has 3 aromatic rings. The fraction of sp³-hybridized carbons (Fsp3) is 0.0714. The molecule has 20 heavy (non-hydrogen) atoms. The SMILES string of the molecule is O=C(O)c1ncoc1COc1cccc2cccnc12. The van der Waals surface area contributed by atoms with Crippen molar-refractivity contribution in [1.29, 1.82) is 0 Å². The summed E-state index contributed by atoms with van der Waals surface area (Å²) in [7, 11) is 0. The second-order valence-corrected chi connectivity index (χ2v) is 4.05. The third kappa shape index (κ3) is 2.18. The summed E-state index contributed by atoms with van der Waals surface area (Å²) in [6.45, 7) is -0.0165. The first-order valence-electron chi connectivity index (χ1n) is 5.88. The summed E-state index contributed by atoms with van der Waals surface area (Å²) >= 11 is 0. The first kappa shape index (κ1) is 12.2. The van der Waals surface area contributed by atoms with Crippen LogP contribution in [0.5, 0.6) is 5.75 Å². The van der Waals surface area contributed by atoms with Gasteiger partial charge in [-0.3, -0.25) is 4.98 Å². The summed E-state index contributed by atoms with van der Waals surface area (Å²) in [5, 5.41) is 9.88. The van der Waals surface area contributed by atoms with Crippen molar-refractivity contribution < 1.29 is 19.1 Å². The van der Waals surface area contributed by atoms with Gasteiger partial charge in [0.2, 0.25) is 0 Å². The third-order valence-corrected chi connectivity index (χ3v) is 2.80. The van der Waals surface area contributed by atoms with Crippen molar-refractivity contribution in [3.8, 4) is 5.75 Å². The smallest absolute Gasteiger partial charge is 0.358 e. The van der Waals surface area contributed by atoms with E-state index in [1.54, 1.807) is 12.3 Å². The van der Waals surface area contributed by atoms with Crippen LogP contribution in [0.3, 0.4) is 0 Å². The fourth-order valence-electron chi connectivity index (χ4n) is 1.88. The summed E-state index contributed by atoms with van der Waals surface area (Å²) in [5.74, 6) is -0.408. The van der Waals surface area contributed by atoms with Crippen LogP contribution in [0.25, 0.3) is 10.9 Å². The van der Waals surface area contributed by atoms with E-state index >= 15 is 0 Å². The molecule has 1 aromatic carbocycles. The van der Waals surface area contributed by atoms with Crippen LogP contribution >= 0.6 is 0 Å². The number of nitrogens with zero attached hydrogens (tertiary/aromatic N) is 2. The minimum atomic E-state index is -1.15. The Balaban J connectivity index is 1.87. The lowest BCUT2D eigenvalue weighted by Gasteiger charge is -2.07.